The van der Waals surface area contributed by atoms with Crippen LogP contribution in [0.1, 0.15) is 109 Å². The highest BCUT2D eigenvalue weighted by Crippen LogP contribution is 2.49. The molecule has 0 amide bonds. The Kier molecular flexibility index (Phi) is 6.85. The zero-order valence-corrected chi connectivity index (χ0v) is 18.3. The fraction of sp³-hybridized carbons (Fsp3) is 0.640. The topological polar surface area (TPSA) is 35.5 Å². The van der Waals surface area contributed by atoms with E-state index in [-0.39, 0.29) is 11.9 Å². The standard InChI is InChI=1S/C25H36O3/c1-6-7-8-11-16(2)17(3)20-14-23(27-19(5)26)25-18(4)21-12-9-10-13-22(21)28-24(25)15-20/h14-18H,6-13H2,1-5H3. The summed E-state index contributed by atoms with van der Waals surface area (Å²) in [6.07, 6.45) is 9.56. The van der Waals surface area contributed by atoms with E-state index in [1.165, 1.54) is 56.6 Å². The molecule has 3 atom stereocenters. The van der Waals surface area contributed by atoms with Crippen LogP contribution in [0.3, 0.4) is 0 Å². The number of allylic oxidation sites excluding steroid dienone is 2. The van der Waals surface area contributed by atoms with Gasteiger partial charge in [0.05, 0.1) is 0 Å². The number of unbranched alkanes of at least 4 members (excludes halogenated alkanes) is 2. The van der Waals surface area contributed by atoms with E-state index in [2.05, 4.69) is 39.8 Å². The van der Waals surface area contributed by atoms with Gasteiger partial charge in [-0.15, -0.1) is 0 Å². The minimum absolute atomic E-state index is 0.250. The molecule has 0 spiro atoms. The largest absolute Gasteiger partial charge is 0.461 e. The highest BCUT2D eigenvalue weighted by molar-refractivity contribution is 5.71. The number of carbonyl (C=O) groups excluding carboxylic acids is 1. The van der Waals surface area contributed by atoms with Crippen LogP contribution >= 0.6 is 0 Å². The lowest BCUT2D eigenvalue weighted by atomic mass is 9.80. The van der Waals surface area contributed by atoms with Crippen molar-refractivity contribution >= 4 is 5.97 Å². The first kappa shape index (κ1) is 21.0. The van der Waals surface area contributed by atoms with Crippen LogP contribution in [0.4, 0.5) is 0 Å². The van der Waals surface area contributed by atoms with Crippen LogP contribution in [-0.2, 0) is 4.79 Å². The molecule has 1 aromatic carbocycles. The quantitative estimate of drug-likeness (QED) is 0.282. The minimum atomic E-state index is -0.265. The van der Waals surface area contributed by atoms with Gasteiger partial charge in [-0.3, -0.25) is 4.79 Å². The molecule has 0 radical (unpaired) electrons. The van der Waals surface area contributed by atoms with Crippen molar-refractivity contribution in [2.24, 2.45) is 5.92 Å². The average molecular weight is 385 g/mol. The van der Waals surface area contributed by atoms with Crippen LogP contribution in [0.25, 0.3) is 0 Å². The number of fused-ring (bicyclic) bond motifs is 1. The highest BCUT2D eigenvalue weighted by atomic mass is 16.5. The van der Waals surface area contributed by atoms with Crippen LogP contribution < -0.4 is 9.47 Å². The number of rotatable bonds is 7. The summed E-state index contributed by atoms with van der Waals surface area (Å²) in [5.74, 6) is 3.71. The molecule has 3 nitrogen and oxygen atoms in total. The lowest BCUT2D eigenvalue weighted by Crippen LogP contribution is -2.19. The third-order valence-electron chi connectivity index (χ3n) is 6.67. The van der Waals surface area contributed by atoms with Crippen molar-refractivity contribution in [3.05, 3.63) is 34.6 Å². The number of ether oxygens (including phenoxy) is 2. The van der Waals surface area contributed by atoms with Crippen molar-refractivity contribution in [1.82, 2.24) is 0 Å². The minimum Gasteiger partial charge on any atom is -0.461 e. The van der Waals surface area contributed by atoms with Crippen molar-refractivity contribution in [3.8, 4) is 11.5 Å². The fourth-order valence-electron chi connectivity index (χ4n) is 4.71. The van der Waals surface area contributed by atoms with E-state index < -0.39 is 0 Å². The zero-order valence-electron chi connectivity index (χ0n) is 18.3. The molecule has 1 aliphatic heterocycles. The summed E-state index contributed by atoms with van der Waals surface area (Å²) < 4.78 is 12.1. The Morgan fingerprint density at radius 1 is 1.21 bits per heavy atom. The molecule has 3 rings (SSSR count). The molecule has 0 bridgehead atoms. The third-order valence-corrected chi connectivity index (χ3v) is 6.67. The van der Waals surface area contributed by atoms with Crippen molar-refractivity contribution < 1.29 is 14.3 Å². The Labute approximate surface area is 170 Å². The number of esters is 1. The van der Waals surface area contributed by atoms with Gasteiger partial charge in [0.2, 0.25) is 0 Å². The van der Waals surface area contributed by atoms with Crippen molar-refractivity contribution in [1.29, 1.82) is 0 Å². The Morgan fingerprint density at radius 3 is 2.68 bits per heavy atom. The van der Waals surface area contributed by atoms with E-state index in [0.29, 0.717) is 17.6 Å². The van der Waals surface area contributed by atoms with E-state index in [1.54, 1.807) is 0 Å². The van der Waals surface area contributed by atoms with Crippen LogP contribution in [0, 0.1) is 5.92 Å². The van der Waals surface area contributed by atoms with Gasteiger partial charge in [-0.1, -0.05) is 53.4 Å². The average Bonchev–Trinajstić information content (AvgIpc) is 2.66. The van der Waals surface area contributed by atoms with Crippen molar-refractivity contribution in [2.45, 2.75) is 97.8 Å². The second kappa shape index (κ2) is 9.15. The molecule has 0 N–H and O–H groups in total. The maximum Gasteiger partial charge on any atom is 0.308 e. The number of hydrogen-bond donors (Lipinski definition) is 0. The maximum atomic E-state index is 11.8. The predicted molar refractivity (Wildman–Crippen MR) is 114 cm³/mol. The molecule has 3 unspecified atom stereocenters. The van der Waals surface area contributed by atoms with Gasteiger partial charge >= 0.3 is 5.97 Å². The van der Waals surface area contributed by atoms with Crippen LogP contribution in [0.15, 0.2) is 23.5 Å². The van der Waals surface area contributed by atoms with Crippen LogP contribution in [0.2, 0.25) is 0 Å². The van der Waals surface area contributed by atoms with Crippen LogP contribution in [-0.4, -0.2) is 5.97 Å². The van der Waals surface area contributed by atoms with Gasteiger partial charge in [-0.05, 0) is 54.4 Å². The molecular weight excluding hydrogens is 348 g/mol. The summed E-state index contributed by atoms with van der Waals surface area (Å²) >= 11 is 0. The van der Waals surface area contributed by atoms with Gasteiger partial charge in [0.1, 0.15) is 17.3 Å². The smallest absolute Gasteiger partial charge is 0.308 e. The molecule has 154 valence electrons. The summed E-state index contributed by atoms with van der Waals surface area (Å²) in [6, 6.07) is 4.30. The Balaban J connectivity index is 1.94. The van der Waals surface area contributed by atoms with Crippen molar-refractivity contribution in [3.63, 3.8) is 0 Å². The van der Waals surface area contributed by atoms with Gasteiger partial charge in [0.25, 0.3) is 0 Å². The monoisotopic (exact) mass is 384 g/mol. The van der Waals surface area contributed by atoms with Gasteiger partial charge in [-0.2, -0.15) is 0 Å². The Hall–Kier alpha value is -1.77. The van der Waals surface area contributed by atoms with Crippen LogP contribution in [0.5, 0.6) is 11.5 Å². The second-order valence-corrected chi connectivity index (χ2v) is 8.77. The maximum absolute atomic E-state index is 11.8. The van der Waals surface area contributed by atoms with E-state index in [0.717, 1.165) is 29.9 Å². The predicted octanol–water partition coefficient (Wildman–Crippen LogP) is 7.26. The normalized spacial score (nSPS) is 20.7. The zero-order chi connectivity index (χ0) is 20.3. The molecule has 0 fully saturated rings. The van der Waals surface area contributed by atoms with E-state index >= 15 is 0 Å². The first-order chi connectivity index (χ1) is 13.4. The molecule has 1 aromatic rings. The van der Waals surface area contributed by atoms with Crippen molar-refractivity contribution in [2.75, 3.05) is 0 Å². The van der Waals surface area contributed by atoms with Gasteiger partial charge in [0, 0.05) is 24.8 Å². The number of carbonyl (C=O) groups is 1. The van der Waals surface area contributed by atoms with E-state index in [1.807, 2.05) is 0 Å². The summed E-state index contributed by atoms with van der Waals surface area (Å²) in [5, 5.41) is 0. The molecule has 0 saturated heterocycles. The summed E-state index contributed by atoms with van der Waals surface area (Å²) in [7, 11) is 0. The summed E-state index contributed by atoms with van der Waals surface area (Å²) in [4.78, 5) is 11.8. The molecule has 0 aromatic heterocycles. The first-order valence-electron chi connectivity index (χ1n) is 11.2. The van der Waals surface area contributed by atoms with Gasteiger partial charge in [-0.25, -0.2) is 0 Å². The van der Waals surface area contributed by atoms with E-state index in [4.69, 9.17) is 9.47 Å². The fourth-order valence-corrected chi connectivity index (χ4v) is 4.71. The van der Waals surface area contributed by atoms with Gasteiger partial charge in [0.15, 0.2) is 0 Å². The molecule has 1 aliphatic carbocycles. The highest BCUT2D eigenvalue weighted by Gasteiger charge is 2.32. The molecule has 28 heavy (non-hydrogen) atoms. The Morgan fingerprint density at radius 2 is 1.96 bits per heavy atom. The first-order valence-corrected chi connectivity index (χ1v) is 11.2. The molecule has 1 heterocycles. The Bertz CT molecular complexity index is 746. The lowest BCUT2D eigenvalue weighted by molar-refractivity contribution is -0.131. The third kappa shape index (κ3) is 4.45. The molecule has 0 saturated carbocycles. The molecular formula is C25H36O3. The second-order valence-electron chi connectivity index (χ2n) is 8.77. The number of hydrogen-bond acceptors (Lipinski definition) is 3. The molecule has 3 heteroatoms. The van der Waals surface area contributed by atoms with Gasteiger partial charge < -0.3 is 9.47 Å². The summed E-state index contributed by atoms with van der Waals surface area (Å²) in [5.41, 5.74) is 3.65. The lowest BCUT2D eigenvalue weighted by Gasteiger charge is -2.33. The molecule has 2 aliphatic rings. The van der Waals surface area contributed by atoms with E-state index in [9.17, 15) is 4.79 Å². The SMILES string of the molecule is CCCCCC(C)C(C)c1cc(OC(C)=O)c2c(c1)OC1=C(CCCC1)C2C. The summed E-state index contributed by atoms with van der Waals surface area (Å²) in [6.45, 7) is 10.6. The number of benzene rings is 1.